The third-order valence-corrected chi connectivity index (χ3v) is 1.87. The lowest BCUT2D eigenvalue weighted by Gasteiger charge is -2.10. The van der Waals surface area contributed by atoms with Crippen LogP contribution in [0.25, 0.3) is 5.57 Å². The van der Waals surface area contributed by atoms with Gasteiger partial charge in [0.25, 0.3) is 0 Å². The highest BCUT2D eigenvalue weighted by atomic mass is 19.3. The Morgan fingerprint density at radius 3 is 2.62 bits per heavy atom. The first-order valence-electron chi connectivity index (χ1n) is 4.46. The van der Waals surface area contributed by atoms with Gasteiger partial charge in [-0.05, 0) is 18.6 Å². The number of ether oxygens (including phenoxy) is 1. The molecule has 0 aliphatic rings. The standard InChI is InChI=1S/C11H10F2O3/c1-7(6-10(14)15)8-4-2-3-5-9(8)16-11(12)13/h2-6,11H,1H3,(H,14,15). The minimum absolute atomic E-state index is 0.0347. The molecule has 0 radical (unpaired) electrons. The Hall–Kier alpha value is -1.91. The Kier molecular flexibility index (Phi) is 3.99. The van der Waals surface area contributed by atoms with Crippen LogP contribution in [0, 0.1) is 0 Å². The number of allylic oxidation sites excluding steroid dienone is 1. The summed E-state index contributed by atoms with van der Waals surface area (Å²) in [7, 11) is 0. The zero-order chi connectivity index (χ0) is 12.1. The third-order valence-electron chi connectivity index (χ3n) is 1.87. The molecular weight excluding hydrogens is 218 g/mol. The van der Waals surface area contributed by atoms with Crippen molar-refractivity contribution < 1.29 is 23.4 Å². The number of halogens is 2. The second-order valence-electron chi connectivity index (χ2n) is 3.04. The molecule has 3 nitrogen and oxygen atoms in total. The minimum atomic E-state index is -2.93. The van der Waals surface area contributed by atoms with E-state index in [0.29, 0.717) is 11.1 Å². The van der Waals surface area contributed by atoms with Crippen molar-refractivity contribution in [2.24, 2.45) is 0 Å². The topological polar surface area (TPSA) is 46.5 Å². The van der Waals surface area contributed by atoms with Crippen LogP contribution in [0.15, 0.2) is 30.3 Å². The largest absolute Gasteiger partial charge is 0.478 e. The van der Waals surface area contributed by atoms with Crippen LogP contribution in [0.1, 0.15) is 12.5 Å². The highest BCUT2D eigenvalue weighted by Gasteiger charge is 2.10. The third kappa shape index (κ3) is 3.34. The second-order valence-corrected chi connectivity index (χ2v) is 3.04. The van der Waals surface area contributed by atoms with E-state index in [1.165, 1.54) is 25.1 Å². The molecule has 86 valence electrons. The summed E-state index contributed by atoms with van der Waals surface area (Å²) in [6.07, 6.45) is 0.938. The summed E-state index contributed by atoms with van der Waals surface area (Å²) in [4.78, 5) is 10.5. The summed E-state index contributed by atoms with van der Waals surface area (Å²) >= 11 is 0. The van der Waals surface area contributed by atoms with Gasteiger partial charge >= 0.3 is 12.6 Å². The smallest absolute Gasteiger partial charge is 0.387 e. The first-order chi connectivity index (χ1) is 7.50. The predicted molar refractivity (Wildman–Crippen MR) is 54.4 cm³/mol. The molecule has 1 rings (SSSR count). The molecule has 0 spiro atoms. The minimum Gasteiger partial charge on any atom is -0.478 e. The number of aliphatic carboxylic acids is 1. The van der Waals surface area contributed by atoms with E-state index in [-0.39, 0.29) is 5.75 Å². The SMILES string of the molecule is CC(=CC(=O)O)c1ccccc1OC(F)F. The van der Waals surface area contributed by atoms with Gasteiger partial charge in [-0.1, -0.05) is 18.2 Å². The van der Waals surface area contributed by atoms with Crippen LogP contribution in [0.4, 0.5) is 8.78 Å². The van der Waals surface area contributed by atoms with Gasteiger partial charge in [0.15, 0.2) is 0 Å². The number of carboxylic acid groups (broad SMARTS) is 1. The van der Waals surface area contributed by atoms with Crippen molar-refractivity contribution >= 4 is 11.5 Å². The van der Waals surface area contributed by atoms with Crippen molar-refractivity contribution in [2.75, 3.05) is 0 Å². The van der Waals surface area contributed by atoms with Gasteiger partial charge in [0.05, 0.1) is 0 Å². The Labute approximate surface area is 91.0 Å². The van der Waals surface area contributed by atoms with Gasteiger partial charge in [0, 0.05) is 11.6 Å². The quantitative estimate of drug-likeness (QED) is 0.806. The molecule has 0 aliphatic carbocycles. The van der Waals surface area contributed by atoms with Crippen LogP contribution in [-0.4, -0.2) is 17.7 Å². The van der Waals surface area contributed by atoms with Crippen LogP contribution in [0.5, 0.6) is 5.75 Å². The maximum Gasteiger partial charge on any atom is 0.387 e. The van der Waals surface area contributed by atoms with E-state index < -0.39 is 12.6 Å². The van der Waals surface area contributed by atoms with E-state index in [2.05, 4.69) is 4.74 Å². The van der Waals surface area contributed by atoms with E-state index in [0.717, 1.165) is 6.08 Å². The number of rotatable bonds is 4. The summed E-state index contributed by atoms with van der Waals surface area (Å²) < 4.78 is 28.4. The first-order valence-corrected chi connectivity index (χ1v) is 4.46. The molecule has 1 aromatic carbocycles. The van der Waals surface area contributed by atoms with E-state index in [1.54, 1.807) is 6.07 Å². The lowest BCUT2D eigenvalue weighted by Crippen LogP contribution is -2.04. The van der Waals surface area contributed by atoms with Gasteiger partial charge < -0.3 is 9.84 Å². The normalized spacial score (nSPS) is 11.6. The van der Waals surface area contributed by atoms with E-state index in [9.17, 15) is 13.6 Å². The number of para-hydroxylation sites is 1. The van der Waals surface area contributed by atoms with E-state index >= 15 is 0 Å². The molecule has 0 saturated carbocycles. The molecule has 1 aromatic rings. The highest BCUT2D eigenvalue weighted by molar-refractivity contribution is 5.90. The molecule has 0 fully saturated rings. The number of carbonyl (C=O) groups is 1. The summed E-state index contributed by atoms with van der Waals surface area (Å²) in [6.45, 7) is -1.42. The molecule has 16 heavy (non-hydrogen) atoms. The number of hydrogen-bond donors (Lipinski definition) is 1. The second kappa shape index (κ2) is 5.25. The lowest BCUT2D eigenvalue weighted by atomic mass is 10.1. The fourth-order valence-corrected chi connectivity index (χ4v) is 1.25. The monoisotopic (exact) mass is 228 g/mol. The molecule has 0 bridgehead atoms. The fraction of sp³-hybridized carbons (Fsp3) is 0.182. The number of benzene rings is 1. The maximum atomic E-state index is 12.1. The predicted octanol–water partition coefficient (Wildman–Crippen LogP) is 2.78. The Bertz CT molecular complexity index is 413. The summed E-state index contributed by atoms with van der Waals surface area (Å²) in [6, 6.07) is 6.04. The molecule has 0 aromatic heterocycles. The Morgan fingerprint density at radius 2 is 2.06 bits per heavy atom. The van der Waals surface area contributed by atoms with Gasteiger partial charge in [0.2, 0.25) is 0 Å². The van der Waals surface area contributed by atoms with Gasteiger partial charge in [-0.25, -0.2) is 4.79 Å². The van der Waals surface area contributed by atoms with Crippen LogP contribution >= 0.6 is 0 Å². The van der Waals surface area contributed by atoms with E-state index in [1.807, 2.05) is 0 Å². The Morgan fingerprint density at radius 1 is 1.44 bits per heavy atom. The number of hydrogen-bond acceptors (Lipinski definition) is 2. The molecule has 1 N–H and O–H groups in total. The maximum absolute atomic E-state index is 12.1. The van der Waals surface area contributed by atoms with Crippen LogP contribution in [0.3, 0.4) is 0 Å². The molecule has 0 saturated heterocycles. The molecular formula is C11H10F2O3. The highest BCUT2D eigenvalue weighted by Crippen LogP contribution is 2.26. The van der Waals surface area contributed by atoms with Crippen LogP contribution in [0.2, 0.25) is 0 Å². The van der Waals surface area contributed by atoms with Crippen molar-refractivity contribution in [3.8, 4) is 5.75 Å². The van der Waals surface area contributed by atoms with Crippen LogP contribution < -0.4 is 4.74 Å². The molecule has 0 heterocycles. The molecule has 0 amide bonds. The molecule has 0 aliphatic heterocycles. The van der Waals surface area contributed by atoms with Crippen molar-refractivity contribution in [2.45, 2.75) is 13.5 Å². The van der Waals surface area contributed by atoms with Gasteiger partial charge in [-0.15, -0.1) is 0 Å². The van der Waals surface area contributed by atoms with Crippen molar-refractivity contribution in [3.05, 3.63) is 35.9 Å². The number of alkyl halides is 2. The summed E-state index contributed by atoms with van der Waals surface area (Å²) in [5.74, 6) is -1.17. The van der Waals surface area contributed by atoms with Crippen LogP contribution in [-0.2, 0) is 4.79 Å². The molecule has 5 heteroatoms. The average Bonchev–Trinajstić information content (AvgIpc) is 2.16. The average molecular weight is 228 g/mol. The summed E-state index contributed by atoms with van der Waals surface area (Å²) in [5.41, 5.74) is 0.689. The zero-order valence-electron chi connectivity index (χ0n) is 8.48. The summed E-state index contributed by atoms with van der Waals surface area (Å²) in [5, 5.41) is 8.55. The lowest BCUT2D eigenvalue weighted by molar-refractivity contribution is -0.131. The van der Waals surface area contributed by atoms with Crippen molar-refractivity contribution in [1.82, 2.24) is 0 Å². The Balaban J connectivity index is 3.07. The fourth-order valence-electron chi connectivity index (χ4n) is 1.25. The first kappa shape index (κ1) is 12.2. The zero-order valence-corrected chi connectivity index (χ0v) is 8.48. The molecule has 0 atom stereocenters. The van der Waals surface area contributed by atoms with Gasteiger partial charge in [0.1, 0.15) is 5.75 Å². The van der Waals surface area contributed by atoms with Crippen molar-refractivity contribution in [3.63, 3.8) is 0 Å². The van der Waals surface area contributed by atoms with Gasteiger partial charge in [-0.2, -0.15) is 8.78 Å². The van der Waals surface area contributed by atoms with E-state index in [4.69, 9.17) is 5.11 Å². The number of carboxylic acids is 1. The van der Waals surface area contributed by atoms with Crippen molar-refractivity contribution in [1.29, 1.82) is 0 Å². The molecule has 0 unspecified atom stereocenters. The van der Waals surface area contributed by atoms with Gasteiger partial charge in [-0.3, -0.25) is 0 Å².